The van der Waals surface area contributed by atoms with Gasteiger partial charge in [0.25, 0.3) is 0 Å². The maximum Gasteiger partial charge on any atom is 0.160 e. The van der Waals surface area contributed by atoms with Gasteiger partial charge in [-0.3, -0.25) is 0 Å². The molecule has 0 amide bonds. The van der Waals surface area contributed by atoms with Crippen molar-refractivity contribution >= 4 is 64.5 Å². The molecule has 0 fully saturated rings. The van der Waals surface area contributed by atoms with Gasteiger partial charge in [0.15, 0.2) is 5.82 Å². The highest BCUT2D eigenvalue weighted by atomic mass is 32.1. The molecule has 2 aromatic heterocycles. The molecule has 55 heavy (non-hydrogen) atoms. The molecule has 0 aliphatic rings. The van der Waals surface area contributed by atoms with Crippen LogP contribution in [0, 0.1) is 0 Å². The molecule has 0 atom stereocenters. The number of thiophene rings is 1. The molecule has 0 spiro atoms. The predicted octanol–water partition coefficient (Wildman–Crippen LogP) is 14.6. The SMILES string of the molecule is c1ccc(-c2nc(-c3cc4ccccc4s3)cc(-c3ccc(-c4c5ccccc5c(-c5ccccc5)c5ccc6ccccc6c45)c4ccccc34)n2)cc1. The van der Waals surface area contributed by atoms with E-state index in [-0.39, 0.29) is 0 Å². The summed E-state index contributed by atoms with van der Waals surface area (Å²) < 4.78 is 1.25. The van der Waals surface area contributed by atoms with Crippen LogP contribution in [0.25, 0.3) is 109 Å². The van der Waals surface area contributed by atoms with Crippen molar-refractivity contribution in [3.63, 3.8) is 0 Å². The van der Waals surface area contributed by atoms with E-state index in [0.29, 0.717) is 0 Å². The Labute approximate surface area is 322 Å². The van der Waals surface area contributed by atoms with Crippen molar-refractivity contribution in [3.05, 3.63) is 194 Å². The van der Waals surface area contributed by atoms with Gasteiger partial charge in [0.1, 0.15) is 0 Å². The van der Waals surface area contributed by atoms with Crippen LogP contribution in [-0.4, -0.2) is 9.97 Å². The van der Waals surface area contributed by atoms with Crippen LogP contribution in [0.1, 0.15) is 0 Å². The van der Waals surface area contributed by atoms with E-state index < -0.39 is 0 Å². The van der Waals surface area contributed by atoms with E-state index in [4.69, 9.17) is 9.97 Å². The molecule has 256 valence electrons. The monoisotopic (exact) mass is 716 g/mol. The fraction of sp³-hybridized carbons (Fsp3) is 0. The van der Waals surface area contributed by atoms with Crippen LogP contribution in [0.3, 0.4) is 0 Å². The number of fused-ring (bicyclic) bond motifs is 6. The van der Waals surface area contributed by atoms with Crippen molar-refractivity contribution in [1.82, 2.24) is 9.97 Å². The van der Waals surface area contributed by atoms with Gasteiger partial charge in [-0.2, -0.15) is 0 Å². The Morgan fingerprint density at radius 2 is 0.909 bits per heavy atom. The molecule has 11 rings (SSSR count). The predicted molar refractivity (Wildman–Crippen MR) is 235 cm³/mol. The molecule has 11 aromatic rings. The van der Waals surface area contributed by atoms with E-state index in [0.717, 1.165) is 38.6 Å². The summed E-state index contributed by atoms with van der Waals surface area (Å²) in [7, 11) is 0. The smallest absolute Gasteiger partial charge is 0.160 e. The lowest BCUT2D eigenvalue weighted by atomic mass is 9.82. The second-order valence-corrected chi connectivity index (χ2v) is 15.1. The molecule has 0 aliphatic heterocycles. The Hall–Kier alpha value is -6.94. The Balaban J connectivity index is 1.21. The van der Waals surface area contributed by atoms with Gasteiger partial charge in [0.05, 0.1) is 16.3 Å². The van der Waals surface area contributed by atoms with E-state index in [1.54, 1.807) is 11.3 Å². The third kappa shape index (κ3) is 5.24. The summed E-state index contributed by atoms with van der Waals surface area (Å²) in [4.78, 5) is 11.6. The molecule has 9 aromatic carbocycles. The van der Waals surface area contributed by atoms with Crippen molar-refractivity contribution in [3.8, 4) is 55.5 Å². The number of hydrogen-bond acceptors (Lipinski definition) is 3. The topological polar surface area (TPSA) is 25.8 Å². The van der Waals surface area contributed by atoms with Gasteiger partial charge in [-0.25, -0.2) is 9.97 Å². The Morgan fingerprint density at radius 1 is 0.345 bits per heavy atom. The van der Waals surface area contributed by atoms with E-state index in [2.05, 4.69) is 188 Å². The fourth-order valence-corrected chi connectivity index (χ4v) is 9.44. The van der Waals surface area contributed by atoms with E-state index in [9.17, 15) is 0 Å². The van der Waals surface area contributed by atoms with Gasteiger partial charge in [0.2, 0.25) is 0 Å². The number of aromatic nitrogens is 2. The van der Waals surface area contributed by atoms with Crippen molar-refractivity contribution < 1.29 is 0 Å². The van der Waals surface area contributed by atoms with Gasteiger partial charge in [-0.1, -0.05) is 176 Å². The highest BCUT2D eigenvalue weighted by Crippen LogP contribution is 2.48. The minimum Gasteiger partial charge on any atom is -0.228 e. The normalized spacial score (nSPS) is 11.6. The quantitative estimate of drug-likeness (QED) is 0.131. The van der Waals surface area contributed by atoms with Crippen molar-refractivity contribution in [2.75, 3.05) is 0 Å². The standard InChI is InChI=1S/C52H32N2S/c1-3-16-34(17-4-1)49-41-24-12-13-25-42(41)51(50-37-21-9-7-15-33(37)27-28-44(49)50)43-30-29-40(38-22-10-11-23-39(38)43)45-32-46(48-31-36-20-8-14-26-47(36)55-48)54-52(53-45)35-18-5-2-6-19-35/h1-32H. The summed E-state index contributed by atoms with van der Waals surface area (Å²) in [5.74, 6) is 0.721. The van der Waals surface area contributed by atoms with Crippen LogP contribution in [0.2, 0.25) is 0 Å². The first kappa shape index (κ1) is 31.6. The summed E-state index contributed by atoms with van der Waals surface area (Å²) in [6.45, 7) is 0. The molecule has 0 unspecified atom stereocenters. The first-order chi connectivity index (χ1) is 27.3. The molecular weight excluding hydrogens is 685 g/mol. The molecule has 0 bridgehead atoms. The number of hydrogen-bond donors (Lipinski definition) is 0. The number of nitrogens with zero attached hydrogens (tertiary/aromatic N) is 2. The average Bonchev–Trinajstić information content (AvgIpc) is 3.70. The zero-order chi connectivity index (χ0) is 36.3. The highest BCUT2D eigenvalue weighted by molar-refractivity contribution is 7.22. The summed E-state index contributed by atoms with van der Waals surface area (Å²) in [6, 6.07) is 69.9. The molecule has 0 saturated heterocycles. The van der Waals surface area contributed by atoms with Gasteiger partial charge < -0.3 is 0 Å². The lowest BCUT2D eigenvalue weighted by Crippen LogP contribution is -1.96. The molecular formula is C52H32N2S. The number of rotatable bonds is 5. The third-order valence-electron chi connectivity index (χ3n) is 10.9. The maximum atomic E-state index is 5.29. The second kappa shape index (κ2) is 12.9. The third-order valence-corrected chi connectivity index (χ3v) is 12.0. The van der Waals surface area contributed by atoms with Gasteiger partial charge in [0, 0.05) is 15.8 Å². The van der Waals surface area contributed by atoms with Gasteiger partial charge in [-0.05, 0) is 88.9 Å². The molecule has 0 aliphatic carbocycles. The Bertz CT molecular complexity index is 3220. The minimum absolute atomic E-state index is 0.721. The fourth-order valence-electron chi connectivity index (χ4n) is 8.42. The van der Waals surface area contributed by atoms with Crippen molar-refractivity contribution in [1.29, 1.82) is 0 Å². The lowest BCUT2D eigenvalue weighted by Gasteiger charge is -2.21. The van der Waals surface area contributed by atoms with Gasteiger partial charge in [-0.15, -0.1) is 11.3 Å². The molecule has 2 nitrogen and oxygen atoms in total. The summed E-state index contributed by atoms with van der Waals surface area (Å²) in [6.07, 6.45) is 0. The molecule has 0 saturated carbocycles. The largest absolute Gasteiger partial charge is 0.228 e. The van der Waals surface area contributed by atoms with Crippen LogP contribution in [0.4, 0.5) is 0 Å². The highest BCUT2D eigenvalue weighted by Gasteiger charge is 2.21. The first-order valence-corrected chi connectivity index (χ1v) is 19.5. The Morgan fingerprint density at radius 3 is 1.65 bits per heavy atom. The van der Waals surface area contributed by atoms with Crippen LogP contribution < -0.4 is 0 Å². The second-order valence-electron chi connectivity index (χ2n) is 14.1. The first-order valence-electron chi connectivity index (χ1n) is 18.7. The molecule has 0 radical (unpaired) electrons. The number of benzene rings is 9. The summed E-state index contributed by atoms with van der Waals surface area (Å²) in [5.41, 5.74) is 8.86. The van der Waals surface area contributed by atoms with Crippen LogP contribution >= 0.6 is 11.3 Å². The zero-order valence-corrected chi connectivity index (χ0v) is 30.6. The van der Waals surface area contributed by atoms with Crippen LogP contribution in [0.15, 0.2) is 194 Å². The summed E-state index contributed by atoms with van der Waals surface area (Å²) in [5, 5.41) is 11.1. The minimum atomic E-state index is 0.721. The van der Waals surface area contributed by atoms with Gasteiger partial charge >= 0.3 is 0 Å². The zero-order valence-electron chi connectivity index (χ0n) is 29.8. The molecule has 3 heteroatoms. The van der Waals surface area contributed by atoms with E-state index in [1.165, 1.54) is 70.0 Å². The maximum absolute atomic E-state index is 5.29. The van der Waals surface area contributed by atoms with Crippen molar-refractivity contribution in [2.45, 2.75) is 0 Å². The molecule has 2 heterocycles. The Kier molecular flexibility index (Phi) is 7.39. The average molecular weight is 717 g/mol. The van der Waals surface area contributed by atoms with Crippen LogP contribution in [-0.2, 0) is 0 Å². The molecule has 0 N–H and O–H groups in total. The lowest BCUT2D eigenvalue weighted by molar-refractivity contribution is 1.19. The van der Waals surface area contributed by atoms with Crippen LogP contribution in [0.5, 0.6) is 0 Å². The van der Waals surface area contributed by atoms with Crippen molar-refractivity contribution in [2.24, 2.45) is 0 Å². The van der Waals surface area contributed by atoms with E-state index in [1.807, 2.05) is 6.07 Å². The van der Waals surface area contributed by atoms with E-state index >= 15 is 0 Å². The summed E-state index contributed by atoms with van der Waals surface area (Å²) >= 11 is 1.77.